The molecule has 0 aliphatic carbocycles. The molecule has 1 atom stereocenters. The first-order valence-corrected chi connectivity index (χ1v) is 6.25. The molecule has 2 nitrogen and oxygen atoms in total. The number of imidazole rings is 1. The van der Waals surface area contributed by atoms with Crippen molar-refractivity contribution in [3.05, 3.63) is 28.5 Å². The lowest BCUT2D eigenvalue weighted by Crippen LogP contribution is -2.01. The van der Waals surface area contributed by atoms with Crippen LogP contribution in [0.3, 0.4) is 0 Å². The Balaban J connectivity index is 2.30. The lowest BCUT2D eigenvalue weighted by atomic mass is 10.1. The topological polar surface area (TPSA) is 17.8 Å². The molecule has 0 radical (unpaired) electrons. The van der Waals surface area contributed by atoms with E-state index in [-0.39, 0.29) is 0 Å². The molecule has 3 rings (SSSR count). The Kier molecular flexibility index (Phi) is 2.21. The predicted octanol–water partition coefficient (Wildman–Crippen LogP) is 3.90. The Morgan fingerprint density at radius 1 is 1.50 bits per heavy atom. The molecule has 84 valence electrons. The number of nitrogens with zero attached hydrogens (tertiary/aromatic N) is 2. The van der Waals surface area contributed by atoms with Gasteiger partial charge >= 0.3 is 0 Å². The number of fused-ring (bicyclic) bond motifs is 3. The average Bonchev–Trinajstić information content (AvgIpc) is 2.78. The highest BCUT2D eigenvalue weighted by Crippen LogP contribution is 2.34. The van der Waals surface area contributed by atoms with Crippen molar-refractivity contribution in [3.8, 4) is 0 Å². The molecule has 0 fully saturated rings. The van der Waals surface area contributed by atoms with Crippen molar-refractivity contribution in [2.75, 3.05) is 0 Å². The molecule has 0 amide bonds. The van der Waals surface area contributed by atoms with E-state index in [9.17, 15) is 0 Å². The molecule has 0 saturated carbocycles. The van der Waals surface area contributed by atoms with Crippen molar-refractivity contribution in [1.29, 1.82) is 0 Å². The summed E-state index contributed by atoms with van der Waals surface area (Å²) < 4.78 is 2.38. The maximum Gasteiger partial charge on any atom is 0.110 e. The van der Waals surface area contributed by atoms with Crippen LogP contribution < -0.4 is 0 Å². The average molecular weight is 235 g/mol. The summed E-state index contributed by atoms with van der Waals surface area (Å²) in [5.74, 6) is 1.23. The van der Waals surface area contributed by atoms with E-state index in [1.54, 1.807) is 0 Å². The zero-order chi connectivity index (χ0) is 11.3. The molecule has 0 saturated heterocycles. The fourth-order valence-electron chi connectivity index (χ4n) is 2.67. The van der Waals surface area contributed by atoms with Crippen molar-refractivity contribution in [3.63, 3.8) is 0 Å². The molecule has 1 aliphatic heterocycles. The fourth-order valence-corrected chi connectivity index (χ4v) is 2.82. The summed E-state index contributed by atoms with van der Waals surface area (Å²) in [6, 6.07) is 4.77. The lowest BCUT2D eigenvalue weighted by Gasteiger charge is -2.11. The van der Waals surface area contributed by atoms with Crippen LogP contribution in [-0.2, 0) is 6.42 Å². The Labute approximate surface area is 100 Å². The molecular weight excluding hydrogens is 220 g/mol. The molecule has 2 aromatic rings. The first kappa shape index (κ1) is 10.2. The van der Waals surface area contributed by atoms with Crippen molar-refractivity contribution >= 4 is 22.6 Å². The van der Waals surface area contributed by atoms with Gasteiger partial charge in [-0.05, 0) is 37.5 Å². The van der Waals surface area contributed by atoms with Crippen molar-refractivity contribution in [2.24, 2.45) is 0 Å². The molecular formula is C13H15ClN2. The second-order valence-corrected chi connectivity index (χ2v) is 5.00. The van der Waals surface area contributed by atoms with Gasteiger partial charge in [-0.2, -0.15) is 0 Å². The molecule has 16 heavy (non-hydrogen) atoms. The van der Waals surface area contributed by atoms with Gasteiger partial charge in [-0.15, -0.1) is 0 Å². The van der Waals surface area contributed by atoms with Gasteiger partial charge in [0.05, 0.1) is 11.0 Å². The SMILES string of the molecule is CC[C@@H]1CCc2nc3cc(C)c(Cl)cc3n21. The van der Waals surface area contributed by atoms with Crippen LogP contribution in [0, 0.1) is 6.92 Å². The number of halogens is 1. The third kappa shape index (κ3) is 1.29. The van der Waals surface area contributed by atoms with E-state index < -0.39 is 0 Å². The molecule has 3 heteroatoms. The van der Waals surface area contributed by atoms with Crippen LogP contribution in [0.15, 0.2) is 12.1 Å². The van der Waals surface area contributed by atoms with Crippen LogP contribution in [0.4, 0.5) is 0 Å². The van der Waals surface area contributed by atoms with Gasteiger partial charge in [0.25, 0.3) is 0 Å². The van der Waals surface area contributed by atoms with Crippen molar-refractivity contribution < 1.29 is 0 Å². The summed E-state index contributed by atoms with van der Waals surface area (Å²) in [5, 5.41) is 0.844. The molecule has 1 aromatic carbocycles. The van der Waals surface area contributed by atoms with E-state index in [2.05, 4.69) is 23.6 Å². The van der Waals surface area contributed by atoms with Crippen LogP contribution in [-0.4, -0.2) is 9.55 Å². The van der Waals surface area contributed by atoms with Gasteiger partial charge < -0.3 is 4.57 Å². The maximum absolute atomic E-state index is 6.20. The minimum Gasteiger partial charge on any atom is -0.325 e. The molecule has 1 aromatic heterocycles. The standard InChI is InChI=1S/C13H15ClN2/c1-3-9-4-5-13-15-11-6-8(2)10(14)7-12(11)16(9)13/h6-7,9H,3-5H2,1-2H3/t9-/m1/s1. The summed E-state index contributed by atoms with van der Waals surface area (Å²) in [6.45, 7) is 4.27. The molecule has 1 aliphatic rings. The zero-order valence-electron chi connectivity index (χ0n) is 9.63. The van der Waals surface area contributed by atoms with E-state index in [4.69, 9.17) is 16.6 Å². The number of hydrogen-bond acceptors (Lipinski definition) is 1. The molecule has 0 spiro atoms. The van der Waals surface area contributed by atoms with E-state index in [1.165, 1.54) is 24.2 Å². The van der Waals surface area contributed by atoms with Gasteiger partial charge in [0.1, 0.15) is 5.82 Å². The van der Waals surface area contributed by atoms with Gasteiger partial charge in [-0.1, -0.05) is 18.5 Å². The largest absolute Gasteiger partial charge is 0.325 e. The van der Waals surface area contributed by atoms with E-state index in [0.29, 0.717) is 6.04 Å². The summed E-state index contributed by atoms with van der Waals surface area (Å²) in [7, 11) is 0. The van der Waals surface area contributed by atoms with Gasteiger partial charge in [-0.25, -0.2) is 4.98 Å². The summed E-state index contributed by atoms with van der Waals surface area (Å²) in [6.07, 6.45) is 3.49. The third-order valence-corrected chi connectivity index (χ3v) is 3.99. The fraction of sp³-hybridized carbons (Fsp3) is 0.462. The Hall–Kier alpha value is -1.02. The summed E-state index contributed by atoms with van der Waals surface area (Å²) in [4.78, 5) is 4.70. The van der Waals surface area contributed by atoms with E-state index in [0.717, 1.165) is 22.5 Å². The number of aryl methyl sites for hydroxylation is 2. The quantitative estimate of drug-likeness (QED) is 0.732. The summed E-state index contributed by atoms with van der Waals surface area (Å²) in [5.41, 5.74) is 3.41. The Bertz CT molecular complexity index is 557. The second-order valence-electron chi connectivity index (χ2n) is 4.59. The lowest BCUT2D eigenvalue weighted by molar-refractivity contribution is 0.524. The highest BCUT2D eigenvalue weighted by molar-refractivity contribution is 6.32. The van der Waals surface area contributed by atoms with Crippen molar-refractivity contribution in [2.45, 2.75) is 39.2 Å². The van der Waals surface area contributed by atoms with Crippen LogP contribution >= 0.6 is 11.6 Å². The van der Waals surface area contributed by atoms with Crippen LogP contribution in [0.5, 0.6) is 0 Å². The zero-order valence-corrected chi connectivity index (χ0v) is 10.4. The Morgan fingerprint density at radius 2 is 2.31 bits per heavy atom. The second kappa shape index (κ2) is 3.49. The van der Waals surface area contributed by atoms with Gasteiger partial charge in [-0.3, -0.25) is 0 Å². The highest BCUT2D eigenvalue weighted by atomic mass is 35.5. The molecule has 2 heterocycles. The Morgan fingerprint density at radius 3 is 3.06 bits per heavy atom. The minimum absolute atomic E-state index is 0.610. The predicted molar refractivity (Wildman–Crippen MR) is 67.1 cm³/mol. The number of aromatic nitrogens is 2. The van der Waals surface area contributed by atoms with Crippen LogP contribution in [0.25, 0.3) is 11.0 Å². The van der Waals surface area contributed by atoms with Gasteiger partial charge in [0, 0.05) is 17.5 Å². The van der Waals surface area contributed by atoms with Gasteiger partial charge in [0.2, 0.25) is 0 Å². The van der Waals surface area contributed by atoms with E-state index >= 15 is 0 Å². The number of hydrogen-bond donors (Lipinski definition) is 0. The first-order valence-electron chi connectivity index (χ1n) is 5.87. The highest BCUT2D eigenvalue weighted by Gasteiger charge is 2.24. The molecule has 0 N–H and O–H groups in total. The first-order chi connectivity index (χ1) is 7.70. The molecule has 0 bridgehead atoms. The minimum atomic E-state index is 0.610. The van der Waals surface area contributed by atoms with Gasteiger partial charge in [0.15, 0.2) is 0 Å². The third-order valence-electron chi connectivity index (χ3n) is 3.58. The van der Waals surface area contributed by atoms with E-state index in [1.807, 2.05) is 6.92 Å². The maximum atomic E-state index is 6.20. The monoisotopic (exact) mass is 234 g/mol. The van der Waals surface area contributed by atoms with Crippen LogP contribution in [0.1, 0.15) is 37.2 Å². The normalized spacial score (nSPS) is 19.3. The number of rotatable bonds is 1. The molecule has 0 unspecified atom stereocenters. The smallest absolute Gasteiger partial charge is 0.110 e. The summed E-state index contributed by atoms with van der Waals surface area (Å²) >= 11 is 6.20. The van der Waals surface area contributed by atoms with Crippen molar-refractivity contribution in [1.82, 2.24) is 9.55 Å². The number of benzene rings is 1. The van der Waals surface area contributed by atoms with Crippen LogP contribution in [0.2, 0.25) is 5.02 Å².